The molecule has 0 saturated heterocycles. The molecule has 0 heteroatoms. The summed E-state index contributed by atoms with van der Waals surface area (Å²) in [6.45, 7) is 32.4. The molecule has 0 aromatic rings. The van der Waals surface area contributed by atoms with E-state index in [4.69, 9.17) is 0 Å². The van der Waals surface area contributed by atoms with Crippen molar-refractivity contribution in [1.29, 1.82) is 0 Å². The second-order valence-corrected chi connectivity index (χ2v) is 11.3. The molecular formula is C28H58. The van der Waals surface area contributed by atoms with Crippen LogP contribution in [0, 0.1) is 52.3 Å². The second-order valence-electron chi connectivity index (χ2n) is 11.3. The first kappa shape index (κ1) is 28.0. The third-order valence-electron chi connectivity index (χ3n) is 9.53. The molecule has 0 aliphatic rings. The summed E-state index contributed by atoms with van der Waals surface area (Å²) in [6.07, 6.45) is 7.97. The van der Waals surface area contributed by atoms with Gasteiger partial charge in [0.05, 0.1) is 0 Å². The van der Waals surface area contributed by atoms with Gasteiger partial charge < -0.3 is 0 Å². The highest BCUT2D eigenvalue weighted by Crippen LogP contribution is 2.57. The van der Waals surface area contributed by atoms with E-state index in [9.17, 15) is 0 Å². The van der Waals surface area contributed by atoms with Gasteiger partial charge in [0.1, 0.15) is 0 Å². The van der Waals surface area contributed by atoms with Gasteiger partial charge in [0, 0.05) is 0 Å². The minimum Gasteiger partial charge on any atom is -0.0651 e. The van der Waals surface area contributed by atoms with E-state index in [1.165, 1.54) is 38.5 Å². The van der Waals surface area contributed by atoms with Crippen molar-refractivity contribution in [1.82, 2.24) is 0 Å². The first-order valence-corrected chi connectivity index (χ1v) is 12.9. The fourth-order valence-electron chi connectivity index (χ4n) is 7.35. The molecule has 0 saturated carbocycles. The summed E-state index contributed by atoms with van der Waals surface area (Å²) < 4.78 is 0. The van der Waals surface area contributed by atoms with Crippen molar-refractivity contribution in [3.05, 3.63) is 0 Å². The Labute approximate surface area is 181 Å². The summed E-state index contributed by atoms with van der Waals surface area (Å²) in [5, 5.41) is 0. The molecule has 170 valence electrons. The largest absolute Gasteiger partial charge is 0.0651 e. The third kappa shape index (κ3) is 5.78. The van der Waals surface area contributed by atoms with Crippen LogP contribution in [0.4, 0.5) is 0 Å². The van der Waals surface area contributed by atoms with Gasteiger partial charge >= 0.3 is 0 Å². The molecule has 0 radical (unpaired) electrons. The Balaban J connectivity index is 6.29. The molecule has 28 heavy (non-hydrogen) atoms. The maximum absolute atomic E-state index is 2.67. The summed E-state index contributed by atoms with van der Waals surface area (Å²) in [7, 11) is 0. The van der Waals surface area contributed by atoms with Crippen molar-refractivity contribution < 1.29 is 0 Å². The summed E-state index contributed by atoms with van der Waals surface area (Å²) in [4.78, 5) is 0. The van der Waals surface area contributed by atoms with E-state index in [1.807, 2.05) is 0 Å². The minimum atomic E-state index is 0.384. The van der Waals surface area contributed by atoms with Gasteiger partial charge in [0.15, 0.2) is 0 Å². The molecule has 0 spiro atoms. The maximum Gasteiger partial charge on any atom is -0.0264 e. The van der Waals surface area contributed by atoms with Crippen LogP contribution >= 0.6 is 0 Å². The van der Waals surface area contributed by atoms with E-state index in [-0.39, 0.29) is 0 Å². The first-order chi connectivity index (χ1) is 12.9. The lowest BCUT2D eigenvalue weighted by Gasteiger charge is -2.55. The van der Waals surface area contributed by atoms with E-state index >= 15 is 0 Å². The Morgan fingerprint density at radius 3 is 1.29 bits per heavy atom. The van der Waals surface area contributed by atoms with Crippen molar-refractivity contribution in [2.24, 2.45) is 52.3 Å². The normalized spacial score (nSPS) is 20.7. The Kier molecular flexibility index (Phi) is 12.0. The second kappa shape index (κ2) is 12.0. The number of rotatable bonds is 14. The lowest BCUT2D eigenvalue weighted by molar-refractivity contribution is -0.0635. The van der Waals surface area contributed by atoms with Crippen molar-refractivity contribution in [2.75, 3.05) is 0 Å². The molecule has 6 unspecified atom stereocenters. The molecule has 0 fully saturated rings. The van der Waals surface area contributed by atoms with Crippen LogP contribution in [0.3, 0.4) is 0 Å². The highest BCUT2D eigenvalue weighted by molar-refractivity contribution is 4.98. The zero-order chi connectivity index (χ0) is 22.3. The van der Waals surface area contributed by atoms with Crippen molar-refractivity contribution >= 4 is 0 Å². The molecule has 0 rings (SSSR count). The zero-order valence-corrected chi connectivity index (χ0v) is 22.3. The monoisotopic (exact) mass is 394 g/mol. The van der Waals surface area contributed by atoms with Crippen LogP contribution < -0.4 is 0 Å². The molecule has 0 aliphatic carbocycles. The Morgan fingerprint density at radius 2 is 1.04 bits per heavy atom. The molecular weight excluding hydrogens is 336 g/mol. The summed E-state index contributed by atoms with van der Waals surface area (Å²) >= 11 is 0. The molecule has 0 N–H and O–H groups in total. The van der Waals surface area contributed by atoms with Gasteiger partial charge in [-0.05, 0) is 52.3 Å². The number of hydrogen-bond donors (Lipinski definition) is 0. The van der Waals surface area contributed by atoms with E-state index in [2.05, 4.69) is 90.0 Å². The van der Waals surface area contributed by atoms with Crippen LogP contribution in [0.5, 0.6) is 0 Å². The predicted molar refractivity (Wildman–Crippen MR) is 131 cm³/mol. The van der Waals surface area contributed by atoms with E-state index in [0.29, 0.717) is 10.8 Å². The minimum absolute atomic E-state index is 0.384. The molecule has 0 aromatic carbocycles. The predicted octanol–water partition coefficient (Wildman–Crippen LogP) is 9.87. The van der Waals surface area contributed by atoms with Gasteiger partial charge in [0.2, 0.25) is 0 Å². The molecule has 0 amide bonds. The lowest BCUT2D eigenvalue weighted by atomic mass is 9.50. The molecule has 0 aliphatic heterocycles. The Morgan fingerprint density at radius 1 is 0.571 bits per heavy atom. The van der Waals surface area contributed by atoms with Gasteiger partial charge in [-0.25, -0.2) is 0 Å². The summed E-state index contributed by atoms with van der Waals surface area (Å²) in [5.74, 6) is 5.70. The summed E-state index contributed by atoms with van der Waals surface area (Å²) in [5.41, 5.74) is 0.801. The zero-order valence-electron chi connectivity index (χ0n) is 22.3. The standard InChI is InChI=1S/C28H58/c1-14-22(20(7)8)23(15-2)24(16-3)25(17-4)28(13,19-6)26(18-5)27(11,12)21(9)10/h20-26H,14-19H2,1-13H3. The van der Waals surface area contributed by atoms with E-state index < -0.39 is 0 Å². The van der Waals surface area contributed by atoms with Gasteiger partial charge in [-0.2, -0.15) is 0 Å². The van der Waals surface area contributed by atoms with Crippen molar-refractivity contribution in [3.8, 4) is 0 Å². The quantitative estimate of drug-likeness (QED) is 0.275. The topological polar surface area (TPSA) is 0 Å². The highest BCUT2D eigenvalue weighted by Gasteiger charge is 2.49. The van der Waals surface area contributed by atoms with Crippen LogP contribution in [-0.4, -0.2) is 0 Å². The smallest absolute Gasteiger partial charge is 0.0264 e. The fraction of sp³-hybridized carbons (Fsp3) is 1.00. The third-order valence-corrected chi connectivity index (χ3v) is 9.53. The van der Waals surface area contributed by atoms with Crippen molar-refractivity contribution in [3.63, 3.8) is 0 Å². The van der Waals surface area contributed by atoms with Crippen LogP contribution in [-0.2, 0) is 0 Å². The van der Waals surface area contributed by atoms with Gasteiger partial charge in [-0.3, -0.25) is 0 Å². The fourth-order valence-corrected chi connectivity index (χ4v) is 7.35. The SMILES string of the molecule is CCC(C(C)C)C(CC)C(CC)C(CC)C(C)(CC)C(CC)C(C)(C)C(C)C. The Hall–Kier alpha value is 0. The van der Waals surface area contributed by atoms with Crippen LogP contribution in [0.1, 0.15) is 129 Å². The van der Waals surface area contributed by atoms with Crippen LogP contribution in [0.2, 0.25) is 0 Å². The Bertz CT molecular complexity index is 404. The number of hydrogen-bond acceptors (Lipinski definition) is 0. The van der Waals surface area contributed by atoms with Gasteiger partial charge in [-0.15, -0.1) is 0 Å². The first-order valence-electron chi connectivity index (χ1n) is 12.9. The van der Waals surface area contributed by atoms with E-state index in [0.717, 1.165) is 41.4 Å². The summed E-state index contributed by atoms with van der Waals surface area (Å²) in [6, 6.07) is 0. The molecule has 6 atom stereocenters. The lowest BCUT2D eigenvalue weighted by Crippen LogP contribution is -2.48. The van der Waals surface area contributed by atoms with Crippen LogP contribution in [0.15, 0.2) is 0 Å². The molecule has 0 aromatic heterocycles. The average molecular weight is 395 g/mol. The van der Waals surface area contributed by atoms with Crippen molar-refractivity contribution in [2.45, 2.75) is 129 Å². The average Bonchev–Trinajstić information content (AvgIpc) is 2.63. The van der Waals surface area contributed by atoms with Gasteiger partial charge in [0.25, 0.3) is 0 Å². The van der Waals surface area contributed by atoms with Gasteiger partial charge in [-0.1, -0.05) is 129 Å². The molecule has 0 nitrogen and oxygen atoms in total. The van der Waals surface area contributed by atoms with Crippen LogP contribution in [0.25, 0.3) is 0 Å². The highest BCUT2D eigenvalue weighted by atomic mass is 14.5. The molecule has 0 bridgehead atoms. The maximum atomic E-state index is 2.67. The molecule has 0 heterocycles. The van der Waals surface area contributed by atoms with E-state index in [1.54, 1.807) is 0 Å².